The first-order valence-electron chi connectivity index (χ1n) is 8.28. The summed E-state index contributed by atoms with van der Waals surface area (Å²) in [6, 6.07) is 13.1. The number of rotatable bonds is 4. The van der Waals surface area contributed by atoms with Crippen molar-refractivity contribution in [3.8, 4) is 11.5 Å². The summed E-state index contributed by atoms with van der Waals surface area (Å²) in [5.74, 6) is 1.66. The second-order valence-corrected chi connectivity index (χ2v) is 6.62. The van der Waals surface area contributed by atoms with Gasteiger partial charge in [-0.25, -0.2) is 0 Å². The van der Waals surface area contributed by atoms with Crippen LogP contribution in [-0.2, 0) is 13.1 Å². The molecule has 5 nitrogen and oxygen atoms in total. The Balaban J connectivity index is 1.58. The molecule has 0 spiro atoms. The van der Waals surface area contributed by atoms with E-state index in [9.17, 15) is 0 Å². The molecule has 0 radical (unpaired) electrons. The first-order chi connectivity index (χ1) is 11.7. The molecule has 2 heterocycles. The molecule has 0 aliphatic carbocycles. The SMILES string of the molecule is CN(C)c1ccc2c(c1)C(CN)N(Cc1ccc3c(c1)OCO3)C2. The Labute approximate surface area is 142 Å². The van der Waals surface area contributed by atoms with Gasteiger partial charge >= 0.3 is 0 Å². The van der Waals surface area contributed by atoms with Crippen molar-refractivity contribution in [1.29, 1.82) is 0 Å². The molecule has 0 aromatic heterocycles. The maximum atomic E-state index is 6.11. The monoisotopic (exact) mass is 325 g/mol. The van der Waals surface area contributed by atoms with E-state index >= 15 is 0 Å². The molecular formula is C19H23N3O2. The molecule has 126 valence electrons. The van der Waals surface area contributed by atoms with Crippen molar-refractivity contribution >= 4 is 5.69 Å². The van der Waals surface area contributed by atoms with Gasteiger partial charge in [0.15, 0.2) is 11.5 Å². The Morgan fingerprint density at radius 3 is 2.75 bits per heavy atom. The molecular weight excluding hydrogens is 302 g/mol. The first kappa shape index (κ1) is 15.3. The molecule has 2 aliphatic rings. The van der Waals surface area contributed by atoms with Crippen LogP contribution in [0.4, 0.5) is 5.69 Å². The van der Waals surface area contributed by atoms with E-state index in [0.29, 0.717) is 13.3 Å². The van der Waals surface area contributed by atoms with Gasteiger partial charge < -0.3 is 20.1 Å². The van der Waals surface area contributed by atoms with Crippen LogP contribution >= 0.6 is 0 Å². The molecule has 0 bridgehead atoms. The lowest BCUT2D eigenvalue weighted by atomic mass is 10.0. The summed E-state index contributed by atoms with van der Waals surface area (Å²) in [6.07, 6.45) is 0. The number of nitrogens with two attached hydrogens (primary N) is 1. The van der Waals surface area contributed by atoms with Crippen LogP contribution < -0.4 is 20.1 Å². The lowest BCUT2D eigenvalue weighted by Gasteiger charge is -2.24. The standard InChI is InChI=1S/C19H23N3O2/c1-21(2)15-5-4-14-11-22(17(9-20)16(14)8-15)10-13-3-6-18-19(7-13)24-12-23-18/h3-8,17H,9-12,20H2,1-2H3. The maximum Gasteiger partial charge on any atom is 0.231 e. The average molecular weight is 325 g/mol. The highest BCUT2D eigenvalue weighted by Gasteiger charge is 2.29. The van der Waals surface area contributed by atoms with Crippen molar-refractivity contribution in [2.24, 2.45) is 5.73 Å². The molecule has 24 heavy (non-hydrogen) atoms. The quantitative estimate of drug-likeness (QED) is 0.936. The number of hydrogen-bond donors (Lipinski definition) is 1. The van der Waals surface area contributed by atoms with Crippen molar-refractivity contribution in [2.75, 3.05) is 32.3 Å². The van der Waals surface area contributed by atoms with Crippen LogP contribution in [0.1, 0.15) is 22.7 Å². The molecule has 4 rings (SSSR count). The highest BCUT2D eigenvalue weighted by atomic mass is 16.7. The summed E-state index contributed by atoms with van der Waals surface area (Å²) < 4.78 is 10.9. The topological polar surface area (TPSA) is 51.0 Å². The molecule has 5 heteroatoms. The van der Waals surface area contributed by atoms with Gasteiger partial charge in [0.2, 0.25) is 6.79 Å². The van der Waals surface area contributed by atoms with E-state index in [0.717, 1.165) is 24.6 Å². The Bertz CT molecular complexity index is 760. The summed E-state index contributed by atoms with van der Waals surface area (Å²) in [7, 11) is 4.14. The van der Waals surface area contributed by atoms with Gasteiger partial charge in [-0.15, -0.1) is 0 Å². The Morgan fingerprint density at radius 1 is 1.12 bits per heavy atom. The number of hydrogen-bond acceptors (Lipinski definition) is 5. The van der Waals surface area contributed by atoms with Crippen LogP contribution in [0, 0.1) is 0 Å². The molecule has 2 aromatic carbocycles. The molecule has 0 fully saturated rings. The van der Waals surface area contributed by atoms with Gasteiger partial charge in [-0.1, -0.05) is 12.1 Å². The Hall–Kier alpha value is -2.24. The summed E-state index contributed by atoms with van der Waals surface area (Å²) in [6.45, 7) is 2.71. The van der Waals surface area contributed by atoms with Crippen molar-refractivity contribution in [2.45, 2.75) is 19.1 Å². The molecule has 1 atom stereocenters. The van der Waals surface area contributed by atoms with E-state index in [1.165, 1.54) is 22.4 Å². The van der Waals surface area contributed by atoms with Gasteiger partial charge in [-0.3, -0.25) is 4.90 Å². The fourth-order valence-electron chi connectivity index (χ4n) is 3.56. The number of nitrogens with zero attached hydrogens (tertiary/aromatic N) is 2. The highest BCUT2D eigenvalue weighted by molar-refractivity contribution is 5.52. The van der Waals surface area contributed by atoms with Crippen LogP contribution in [0.3, 0.4) is 0 Å². The molecule has 1 unspecified atom stereocenters. The first-order valence-corrected chi connectivity index (χ1v) is 8.28. The predicted octanol–water partition coefficient (Wildman–Crippen LogP) is 2.50. The van der Waals surface area contributed by atoms with Crippen LogP contribution in [0.2, 0.25) is 0 Å². The Morgan fingerprint density at radius 2 is 1.96 bits per heavy atom. The summed E-state index contributed by atoms with van der Waals surface area (Å²) in [5.41, 5.74) is 11.3. The van der Waals surface area contributed by atoms with E-state index in [1.54, 1.807) is 0 Å². The lowest BCUT2D eigenvalue weighted by Crippen LogP contribution is -2.27. The van der Waals surface area contributed by atoms with Crippen molar-refractivity contribution in [3.05, 3.63) is 53.1 Å². The minimum absolute atomic E-state index is 0.255. The number of benzene rings is 2. The number of fused-ring (bicyclic) bond motifs is 2. The smallest absolute Gasteiger partial charge is 0.231 e. The van der Waals surface area contributed by atoms with Gasteiger partial charge in [0, 0.05) is 45.5 Å². The van der Waals surface area contributed by atoms with Gasteiger partial charge in [0.1, 0.15) is 0 Å². The second-order valence-electron chi connectivity index (χ2n) is 6.62. The van der Waals surface area contributed by atoms with Crippen LogP contribution in [-0.4, -0.2) is 32.3 Å². The van der Waals surface area contributed by atoms with Crippen molar-refractivity contribution in [3.63, 3.8) is 0 Å². The van der Waals surface area contributed by atoms with E-state index in [2.05, 4.69) is 54.2 Å². The van der Waals surface area contributed by atoms with Gasteiger partial charge in [0.05, 0.1) is 0 Å². The fraction of sp³-hybridized carbons (Fsp3) is 0.368. The number of ether oxygens (including phenoxy) is 2. The molecule has 2 aromatic rings. The molecule has 0 saturated heterocycles. The lowest BCUT2D eigenvalue weighted by molar-refractivity contribution is 0.173. The van der Waals surface area contributed by atoms with Crippen LogP contribution in [0.25, 0.3) is 0 Å². The molecule has 2 aliphatic heterocycles. The predicted molar refractivity (Wildman–Crippen MR) is 94.4 cm³/mol. The van der Waals surface area contributed by atoms with Crippen molar-refractivity contribution in [1.82, 2.24) is 4.90 Å². The minimum Gasteiger partial charge on any atom is -0.454 e. The zero-order valence-corrected chi connectivity index (χ0v) is 14.2. The zero-order valence-electron chi connectivity index (χ0n) is 14.2. The third kappa shape index (κ3) is 2.60. The molecule has 0 saturated carbocycles. The second kappa shape index (κ2) is 6.00. The van der Waals surface area contributed by atoms with Crippen LogP contribution in [0.15, 0.2) is 36.4 Å². The van der Waals surface area contributed by atoms with E-state index in [-0.39, 0.29) is 6.04 Å². The molecule has 0 amide bonds. The zero-order chi connectivity index (χ0) is 16.7. The van der Waals surface area contributed by atoms with Gasteiger partial charge in [0.25, 0.3) is 0 Å². The van der Waals surface area contributed by atoms with E-state index in [1.807, 2.05) is 6.07 Å². The van der Waals surface area contributed by atoms with Gasteiger partial charge in [-0.2, -0.15) is 0 Å². The third-order valence-electron chi connectivity index (χ3n) is 4.86. The summed E-state index contributed by atoms with van der Waals surface area (Å²) >= 11 is 0. The highest BCUT2D eigenvalue weighted by Crippen LogP contribution is 2.38. The minimum atomic E-state index is 0.255. The van der Waals surface area contributed by atoms with Crippen LogP contribution in [0.5, 0.6) is 11.5 Å². The van der Waals surface area contributed by atoms with E-state index < -0.39 is 0 Å². The van der Waals surface area contributed by atoms with E-state index in [4.69, 9.17) is 15.2 Å². The van der Waals surface area contributed by atoms with Gasteiger partial charge in [-0.05, 0) is 41.0 Å². The Kier molecular flexibility index (Phi) is 3.82. The normalized spacial score (nSPS) is 18.7. The third-order valence-corrected chi connectivity index (χ3v) is 4.86. The average Bonchev–Trinajstić information content (AvgIpc) is 3.17. The van der Waals surface area contributed by atoms with Crippen molar-refractivity contribution < 1.29 is 9.47 Å². The summed E-state index contributed by atoms with van der Waals surface area (Å²) in [4.78, 5) is 4.57. The largest absolute Gasteiger partial charge is 0.454 e. The summed E-state index contributed by atoms with van der Waals surface area (Å²) in [5, 5.41) is 0. The maximum absolute atomic E-state index is 6.11. The molecule has 2 N–H and O–H groups in total. The fourth-order valence-corrected chi connectivity index (χ4v) is 3.56. The number of anilines is 1.